The highest BCUT2D eigenvalue weighted by molar-refractivity contribution is 7.89. The molecule has 0 saturated carbocycles. The molecular formula is C8H11NO5S. The van der Waals surface area contributed by atoms with Crippen LogP contribution in [0.25, 0.3) is 0 Å². The molecule has 0 bridgehead atoms. The van der Waals surface area contributed by atoms with Crippen LogP contribution in [0.4, 0.5) is 0 Å². The van der Waals surface area contributed by atoms with Crippen molar-refractivity contribution in [3.8, 4) is 0 Å². The van der Waals surface area contributed by atoms with Crippen LogP contribution < -0.4 is 4.72 Å². The lowest BCUT2D eigenvalue weighted by Gasteiger charge is -2.00. The van der Waals surface area contributed by atoms with Crippen molar-refractivity contribution >= 4 is 16.0 Å². The number of nitrogens with one attached hydrogen (secondary N) is 1. The van der Waals surface area contributed by atoms with E-state index in [-0.39, 0.29) is 11.6 Å². The fourth-order valence-corrected chi connectivity index (χ4v) is 1.95. The van der Waals surface area contributed by atoms with Crippen LogP contribution in [0.2, 0.25) is 0 Å². The Morgan fingerprint density at radius 1 is 1.53 bits per heavy atom. The van der Waals surface area contributed by atoms with E-state index >= 15 is 0 Å². The Morgan fingerprint density at radius 3 is 2.67 bits per heavy atom. The topological polar surface area (TPSA) is 96.6 Å². The lowest BCUT2D eigenvalue weighted by molar-refractivity contribution is 0.0656. The van der Waals surface area contributed by atoms with Crippen LogP contribution >= 0.6 is 0 Å². The van der Waals surface area contributed by atoms with Gasteiger partial charge in [-0.3, -0.25) is 0 Å². The number of carboxylic acid groups (broad SMARTS) is 1. The maximum Gasteiger partial charge on any atom is 0.371 e. The summed E-state index contributed by atoms with van der Waals surface area (Å²) < 4.78 is 29.8. The van der Waals surface area contributed by atoms with Crippen LogP contribution in [0.3, 0.4) is 0 Å². The van der Waals surface area contributed by atoms with Gasteiger partial charge >= 0.3 is 5.97 Å². The smallest absolute Gasteiger partial charge is 0.371 e. The second kappa shape index (κ2) is 4.45. The van der Waals surface area contributed by atoms with E-state index in [9.17, 15) is 13.2 Å². The van der Waals surface area contributed by atoms with Crippen LogP contribution in [0.15, 0.2) is 21.6 Å². The van der Waals surface area contributed by atoms with E-state index in [0.717, 1.165) is 12.1 Å². The number of hydrogen-bond donors (Lipinski definition) is 2. The second-order valence-electron chi connectivity index (χ2n) is 2.82. The summed E-state index contributed by atoms with van der Waals surface area (Å²) in [5, 5.41) is 8.15. The van der Waals surface area contributed by atoms with Gasteiger partial charge < -0.3 is 9.52 Å². The Morgan fingerprint density at radius 2 is 2.20 bits per heavy atom. The monoisotopic (exact) mass is 233 g/mol. The maximum absolute atomic E-state index is 11.4. The van der Waals surface area contributed by atoms with E-state index in [0.29, 0.717) is 6.42 Å². The molecule has 15 heavy (non-hydrogen) atoms. The minimum Gasteiger partial charge on any atom is -0.475 e. The summed E-state index contributed by atoms with van der Waals surface area (Å²) >= 11 is 0. The molecule has 0 aliphatic carbocycles. The van der Waals surface area contributed by atoms with Gasteiger partial charge in [-0.15, -0.1) is 0 Å². The standard InChI is InChI=1S/C8H11NO5S/c1-2-5-9-15(12,13)7-4-3-6(14-7)8(10)11/h3-4,9H,2,5H2,1H3,(H,10,11). The molecule has 0 atom stereocenters. The molecule has 0 aliphatic heterocycles. The fraction of sp³-hybridized carbons (Fsp3) is 0.375. The van der Waals surface area contributed by atoms with Crippen LogP contribution in [0.1, 0.15) is 23.9 Å². The summed E-state index contributed by atoms with van der Waals surface area (Å²) in [6, 6.07) is 2.21. The van der Waals surface area contributed by atoms with Crippen LogP contribution in [0.5, 0.6) is 0 Å². The Kier molecular flexibility index (Phi) is 3.48. The van der Waals surface area contributed by atoms with Crippen molar-refractivity contribution in [2.24, 2.45) is 0 Å². The molecule has 1 rings (SSSR count). The lowest BCUT2D eigenvalue weighted by atomic mass is 10.5. The molecule has 6 nitrogen and oxygen atoms in total. The summed E-state index contributed by atoms with van der Waals surface area (Å²) in [5.41, 5.74) is 0. The highest BCUT2D eigenvalue weighted by Crippen LogP contribution is 2.13. The van der Waals surface area contributed by atoms with Crippen molar-refractivity contribution in [2.75, 3.05) is 6.54 Å². The molecule has 0 amide bonds. The molecular weight excluding hydrogens is 222 g/mol. The predicted molar refractivity (Wildman–Crippen MR) is 51.1 cm³/mol. The molecule has 0 spiro atoms. The minimum absolute atomic E-state index is 0.283. The summed E-state index contributed by atoms with van der Waals surface area (Å²) in [6.07, 6.45) is 0.645. The van der Waals surface area contributed by atoms with Crippen LogP contribution in [0, 0.1) is 0 Å². The number of carbonyl (C=O) groups is 1. The number of aromatic carboxylic acids is 1. The lowest BCUT2D eigenvalue weighted by Crippen LogP contribution is -2.23. The van der Waals surface area contributed by atoms with Gasteiger partial charge in [0.2, 0.25) is 10.9 Å². The molecule has 7 heteroatoms. The highest BCUT2D eigenvalue weighted by atomic mass is 32.2. The molecule has 0 aliphatic rings. The summed E-state index contributed by atoms with van der Waals surface area (Å²) in [4.78, 5) is 10.4. The molecule has 0 unspecified atom stereocenters. The summed E-state index contributed by atoms with van der Waals surface area (Å²) in [7, 11) is -3.72. The van der Waals surface area contributed by atoms with Crippen molar-refractivity contribution < 1.29 is 22.7 Å². The van der Waals surface area contributed by atoms with Crippen molar-refractivity contribution in [1.29, 1.82) is 0 Å². The van der Waals surface area contributed by atoms with Gasteiger partial charge in [0.15, 0.2) is 0 Å². The number of hydrogen-bond acceptors (Lipinski definition) is 4. The predicted octanol–water partition coefficient (Wildman–Crippen LogP) is 0.666. The number of carboxylic acids is 1. The zero-order chi connectivity index (χ0) is 11.5. The average Bonchev–Trinajstić information content (AvgIpc) is 2.64. The Balaban J connectivity index is 2.91. The van der Waals surface area contributed by atoms with E-state index in [1.165, 1.54) is 0 Å². The van der Waals surface area contributed by atoms with Crippen molar-refractivity contribution in [2.45, 2.75) is 18.4 Å². The third kappa shape index (κ3) is 2.80. The van der Waals surface area contributed by atoms with Crippen LogP contribution in [-0.4, -0.2) is 26.0 Å². The molecule has 1 heterocycles. The van der Waals surface area contributed by atoms with E-state index in [1.54, 1.807) is 0 Å². The third-order valence-corrected chi connectivity index (χ3v) is 2.93. The first-order chi connectivity index (χ1) is 6.97. The Hall–Kier alpha value is -1.34. The van der Waals surface area contributed by atoms with Crippen molar-refractivity contribution in [3.63, 3.8) is 0 Å². The minimum atomic E-state index is -3.72. The summed E-state index contributed by atoms with van der Waals surface area (Å²) in [5.74, 6) is -1.70. The van der Waals surface area contributed by atoms with Crippen molar-refractivity contribution in [1.82, 2.24) is 4.72 Å². The molecule has 2 N–H and O–H groups in total. The van der Waals surface area contributed by atoms with Gasteiger partial charge in [-0.2, -0.15) is 0 Å². The Bertz CT molecular complexity index is 447. The molecule has 0 saturated heterocycles. The van der Waals surface area contributed by atoms with Gasteiger partial charge in [-0.25, -0.2) is 17.9 Å². The molecule has 0 aromatic carbocycles. The molecule has 1 aromatic rings. The molecule has 0 radical (unpaired) electrons. The first-order valence-electron chi connectivity index (χ1n) is 4.30. The average molecular weight is 233 g/mol. The third-order valence-electron chi connectivity index (χ3n) is 1.60. The van der Waals surface area contributed by atoms with Crippen LogP contribution in [-0.2, 0) is 10.0 Å². The largest absolute Gasteiger partial charge is 0.475 e. The van der Waals surface area contributed by atoms with Gasteiger partial charge in [0.1, 0.15) is 0 Å². The molecule has 84 valence electrons. The van der Waals surface area contributed by atoms with E-state index in [4.69, 9.17) is 5.11 Å². The zero-order valence-electron chi connectivity index (χ0n) is 8.06. The first-order valence-corrected chi connectivity index (χ1v) is 5.78. The van der Waals surface area contributed by atoms with Crippen molar-refractivity contribution in [3.05, 3.63) is 17.9 Å². The van der Waals surface area contributed by atoms with E-state index in [2.05, 4.69) is 9.14 Å². The first kappa shape index (κ1) is 11.7. The summed E-state index contributed by atoms with van der Waals surface area (Å²) in [6.45, 7) is 2.10. The fourth-order valence-electron chi connectivity index (χ4n) is 0.887. The van der Waals surface area contributed by atoms with Gasteiger partial charge in [0.05, 0.1) is 0 Å². The van der Waals surface area contributed by atoms with Gasteiger partial charge in [-0.05, 0) is 18.6 Å². The van der Waals surface area contributed by atoms with Gasteiger partial charge in [0.25, 0.3) is 10.0 Å². The quantitative estimate of drug-likeness (QED) is 0.779. The van der Waals surface area contributed by atoms with Gasteiger partial charge in [0, 0.05) is 6.54 Å². The SMILES string of the molecule is CCCNS(=O)(=O)c1ccc(C(=O)O)o1. The normalized spacial score (nSPS) is 11.5. The molecule has 1 aromatic heterocycles. The highest BCUT2D eigenvalue weighted by Gasteiger charge is 2.19. The zero-order valence-corrected chi connectivity index (χ0v) is 8.87. The number of sulfonamides is 1. The number of furan rings is 1. The second-order valence-corrected chi connectivity index (χ2v) is 4.52. The number of rotatable bonds is 5. The Labute approximate surface area is 87.0 Å². The van der Waals surface area contributed by atoms with E-state index in [1.807, 2.05) is 6.92 Å². The maximum atomic E-state index is 11.4. The molecule has 0 fully saturated rings. The van der Waals surface area contributed by atoms with Gasteiger partial charge in [-0.1, -0.05) is 6.92 Å². The van der Waals surface area contributed by atoms with E-state index < -0.39 is 21.8 Å².